The van der Waals surface area contributed by atoms with Crippen molar-refractivity contribution < 1.29 is 9.53 Å². The molecule has 0 aliphatic carbocycles. The van der Waals surface area contributed by atoms with Crippen LogP contribution in [0.1, 0.15) is 6.92 Å². The highest BCUT2D eigenvalue weighted by Gasteiger charge is 2.17. The largest absolute Gasteiger partial charge is 0.468 e. The molecule has 2 rings (SSSR count). The van der Waals surface area contributed by atoms with Gasteiger partial charge < -0.3 is 10.1 Å². The van der Waals surface area contributed by atoms with Crippen molar-refractivity contribution in [1.29, 1.82) is 0 Å². The van der Waals surface area contributed by atoms with Crippen molar-refractivity contribution in [2.24, 2.45) is 0 Å². The van der Waals surface area contributed by atoms with Crippen molar-refractivity contribution in [2.75, 3.05) is 19.4 Å². The van der Waals surface area contributed by atoms with Crippen LogP contribution in [0.25, 0.3) is 10.8 Å². The summed E-state index contributed by atoms with van der Waals surface area (Å²) < 4.78 is 4.81. The normalized spacial score (nSPS) is 12.3. The number of ether oxygens (including phenoxy) is 1. The van der Waals surface area contributed by atoms with E-state index in [2.05, 4.69) is 35.6 Å². The van der Waals surface area contributed by atoms with E-state index in [4.69, 9.17) is 4.74 Å². The third-order valence-corrected chi connectivity index (χ3v) is 4.16. The number of thioether (sulfide) groups is 1. The van der Waals surface area contributed by atoms with Gasteiger partial charge >= 0.3 is 5.97 Å². The van der Waals surface area contributed by atoms with Crippen LogP contribution in [-0.2, 0) is 9.53 Å². The highest BCUT2D eigenvalue weighted by atomic mass is 32.2. The van der Waals surface area contributed by atoms with Gasteiger partial charge in [-0.05, 0) is 29.4 Å². The van der Waals surface area contributed by atoms with Crippen LogP contribution in [0.5, 0.6) is 0 Å². The molecule has 3 nitrogen and oxygen atoms in total. The summed E-state index contributed by atoms with van der Waals surface area (Å²) in [6, 6.07) is 14.4. The van der Waals surface area contributed by atoms with Crippen LogP contribution in [0.4, 0.5) is 0 Å². The Hall–Kier alpha value is -1.52. The molecule has 0 aromatic heterocycles. The van der Waals surface area contributed by atoms with Gasteiger partial charge in [0, 0.05) is 10.6 Å². The Labute approximate surface area is 123 Å². The molecule has 1 unspecified atom stereocenters. The summed E-state index contributed by atoms with van der Waals surface area (Å²) in [7, 11) is 1.42. The number of rotatable bonds is 6. The van der Waals surface area contributed by atoms with Gasteiger partial charge in [-0.1, -0.05) is 37.3 Å². The molecule has 0 amide bonds. The van der Waals surface area contributed by atoms with Crippen molar-refractivity contribution in [3.63, 3.8) is 0 Å². The minimum Gasteiger partial charge on any atom is -0.468 e. The van der Waals surface area contributed by atoms with Crippen LogP contribution < -0.4 is 5.32 Å². The molecular formula is C16H19NO2S. The van der Waals surface area contributed by atoms with Crippen LogP contribution >= 0.6 is 11.8 Å². The zero-order valence-electron chi connectivity index (χ0n) is 11.8. The van der Waals surface area contributed by atoms with Crippen LogP contribution in [0, 0.1) is 0 Å². The number of hydrogen-bond donors (Lipinski definition) is 1. The van der Waals surface area contributed by atoms with E-state index in [1.54, 1.807) is 11.8 Å². The minimum absolute atomic E-state index is 0.208. The maximum Gasteiger partial charge on any atom is 0.323 e. The maximum atomic E-state index is 11.6. The van der Waals surface area contributed by atoms with E-state index in [-0.39, 0.29) is 12.0 Å². The van der Waals surface area contributed by atoms with E-state index >= 15 is 0 Å². The van der Waals surface area contributed by atoms with Crippen molar-refractivity contribution in [3.8, 4) is 0 Å². The molecule has 0 bridgehead atoms. The summed E-state index contributed by atoms with van der Waals surface area (Å²) in [5.74, 6) is 0.457. The smallest absolute Gasteiger partial charge is 0.323 e. The predicted molar refractivity (Wildman–Crippen MR) is 84.2 cm³/mol. The number of carbonyl (C=O) groups excluding carboxylic acids is 1. The third kappa shape index (κ3) is 3.74. The maximum absolute atomic E-state index is 11.6. The minimum atomic E-state index is -0.263. The predicted octanol–water partition coefficient (Wildman–Crippen LogP) is 3.08. The average Bonchev–Trinajstić information content (AvgIpc) is 2.50. The van der Waals surface area contributed by atoms with Gasteiger partial charge in [0.15, 0.2) is 0 Å². The molecule has 0 saturated heterocycles. The summed E-state index contributed by atoms with van der Waals surface area (Å²) in [5, 5.41) is 5.59. The molecule has 106 valence electrons. The second kappa shape index (κ2) is 7.31. The number of nitrogens with one attached hydrogen (secondary N) is 1. The van der Waals surface area contributed by atoms with Gasteiger partial charge in [0.2, 0.25) is 0 Å². The Morgan fingerprint density at radius 1 is 1.25 bits per heavy atom. The topological polar surface area (TPSA) is 38.3 Å². The quantitative estimate of drug-likeness (QED) is 0.655. The Kier molecular flexibility index (Phi) is 5.44. The lowest BCUT2D eigenvalue weighted by atomic mass is 10.1. The van der Waals surface area contributed by atoms with E-state index in [1.807, 2.05) is 19.1 Å². The second-order valence-electron chi connectivity index (χ2n) is 4.45. The average molecular weight is 289 g/mol. The van der Waals surface area contributed by atoms with Crippen LogP contribution in [0.2, 0.25) is 0 Å². The Bertz CT molecular complexity index is 585. The summed E-state index contributed by atoms with van der Waals surface area (Å²) in [4.78, 5) is 12.8. The van der Waals surface area contributed by atoms with Crippen molar-refractivity contribution in [1.82, 2.24) is 5.32 Å². The number of fused-ring (bicyclic) bond motifs is 1. The first-order valence-corrected chi connectivity index (χ1v) is 7.66. The van der Waals surface area contributed by atoms with Crippen molar-refractivity contribution >= 4 is 28.5 Å². The molecule has 0 aliphatic heterocycles. The number of likely N-dealkylation sites (N-methyl/N-ethyl adjacent to an activating group) is 1. The van der Waals surface area contributed by atoms with Gasteiger partial charge in [-0.2, -0.15) is 0 Å². The molecule has 2 aromatic carbocycles. The Morgan fingerprint density at radius 3 is 2.70 bits per heavy atom. The molecule has 0 heterocycles. The van der Waals surface area contributed by atoms with Gasteiger partial charge in [0.05, 0.1) is 7.11 Å². The summed E-state index contributed by atoms with van der Waals surface area (Å²) in [6.07, 6.45) is 0. The van der Waals surface area contributed by atoms with Gasteiger partial charge in [-0.15, -0.1) is 11.8 Å². The number of benzene rings is 2. The first-order chi connectivity index (χ1) is 9.74. The molecule has 0 fully saturated rings. The Balaban J connectivity index is 2.05. The van der Waals surface area contributed by atoms with Crippen molar-refractivity contribution in [3.05, 3.63) is 42.5 Å². The highest BCUT2D eigenvalue weighted by Crippen LogP contribution is 2.24. The van der Waals surface area contributed by atoms with Gasteiger partial charge in [-0.25, -0.2) is 0 Å². The van der Waals surface area contributed by atoms with Crippen LogP contribution in [0.15, 0.2) is 47.4 Å². The van der Waals surface area contributed by atoms with Crippen molar-refractivity contribution in [2.45, 2.75) is 17.9 Å². The molecule has 1 atom stereocenters. The standard InChI is InChI=1S/C16H19NO2S/c1-3-17-15(16(18)19-2)11-20-14-9-8-12-6-4-5-7-13(12)10-14/h4-10,15,17H,3,11H2,1-2H3. The van der Waals surface area contributed by atoms with Gasteiger partial charge in [0.25, 0.3) is 0 Å². The number of esters is 1. The molecule has 4 heteroatoms. The van der Waals surface area contributed by atoms with E-state index in [0.717, 1.165) is 11.4 Å². The fourth-order valence-electron chi connectivity index (χ4n) is 2.04. The van der Waals surface area contributed by atoms with E-state index in [1.165, 1.54) is 17.9 Å². The number of hydrogen-bond acceptors (Lipinski definition) is 4. The lowest BCUT2D eigenvalue weighted by Crippen LogP contribution is -2.39. The fraction of sp³-hybridized carbons (Fsp3) is 0.312. The first-order valence-electron chi connectivity index (χ1n) is 6.67. The zero-order chi connectivity index (χ0) is 14.4. The van der Waals surface area contributed by atoms with E-state index < -0.39 is 0 Å². The lowest BCUT2D eigenvalue weighted by Gasteiger charge is -2.15. The molecular weight excluding hydrogens is 270 g/mol. The zero-order valence-corrected chi connectivity index (χ0v) is 12.6. The third-order valence-electron chi connectivity index (χ3n) is 3.07. The van der Waals surface area contributed by atoms with E-state index in [9.17, 15) is 4.79 Å². The second-order valence-corrected chi connectivity index (χ2v) is 5.55. The molecule has 0 saturated carbocycles. The van der Waals surface area contributed by atoms with Gasteiger partial charge in [-0.3, -0.25) is 4.79 Å². The van der Waals surface area contributed by atoms with Crippen LogP contribution in [-0.4, -0.2) is 31.4 Å². The molecule has 1 N–H and O–H groups in total. The monoisotopic (exact) mass is 289 g/mol. The molecule has 0 aliphatic rings. The Morgan fingerprint density at radius 2 is 2.00 bits per heavy atom. The first kappa shape index (κ1) is 14.9. The molecule has 0 radical (unpaired) electrons. The lowest BCUT2D eigenvalue weighted by molar-refractivity contribution is -0.142. The number of methoxy groups -OCH3 is 1. The SMILES string of the molecule is CCNC(CSc1ccc2ccccc2c1)C(=O)OC. The van der Waals surface area contributed by atoms with Gasteiger partial charge in [0.1, 0.15) is 6.04 Å². The molecule has 20 heavy (non-hydrogen) atoms. The molecule has 0 spiro atoms. The molecule has 2 aromatic rings. The van der Waals surface area contributed by atoms with E-state index in [0.29, 0.717) is 5.75 Å². The number of carbonyl (C=O) groups is 1. The highest BCUT2D eigenvalue weighted by molar-refractivity contribution is 7.99. The summed E-state index contributed by atoms with van der Waals surface area (Å²) in [5.41, 5.74) is 0. The van der Waals surface area contributed by atoms with Crippen LogP contribution in [0.3, 0.4) is 0 Å². The summed E-state index contributed by atoms with van der Waals surface area (Å²) in [6.45, 7) is 2.73. The summed E-state index contributed by atoms with van der Waals surface area (Å²) >= 11 is 1.66. The fourth-order valence-corrected chi connectivity index (χ4v) is 3.02.